The van der Waals surface area contributed by atoms with E-state index >= 15 is 0 Å². The fourth-order valence-corrected chi connectivity index (χ4v) is 1.31. The minimum Gasteiger partial charge on any atom is -0.382 e. The van der Waals surface area contributed by atoms with Crippen molar-refractivity contribution in [2.24, 2.45) is 11.0 Å². The number of oxime groups is 1. The maximum atomic E-state index is 11.1. The number of carbonyl (C=O) groups excluding carboxylic acids is 1. The lowest BCUT2D eigenvalue weighted by molar-refractivity contribution is -0.131. The first kappa shape index (κ1) is 9.60. The molecule has 3 N–H and O–H groups in total. The van der Waals surface area contributed by atoms with Crippen molar-refractivity contribution < 1.29 is 9.63 Å². The molecule has 15 heavy (non-hydrogen) atoms. The molecule has 1 aliphatic rings. The third-order valence-electron chi connectivity index (χ3n) is 2.10. The standard InChI is InChI=1S/C9H10N4O2/c10-12-9(14)8-4-7(13-15-8)6-2-1-3-11-5-6/h1-3,5,8H,4,10H2,(H,12,14)/t8-/m0/s1. The Kier molecular flexibility index (Phi) is 2.59. The largest absolute Gasteiger partial charge is 0.382 e. The second-order valence-electron chi connectivity index (χ2n) is 3.09. The molecule has 2 heterocycles. The van der Waals surface area contributed by atoms with Crippen LogP contribution in [0.5, 0.6) is 0 Å². The number of aromatic nitrogens is 1. The summed E-state index contributed by atoms with van der Waals surface area (Å²) >= 11 is 0. The Morgan fingerprint density at radius 1 is 1.67 bits per heavy atom. The zero-order valence-corrected chi connectivity index (χ0v) is 7.88. The molecule has 6 nitrogen and oxygen atoms in total. The predicted molar refractivity (Wildman–Crippen MR) is 52.6 cm³/mol. The molecule has 78 valence electrons. The van der Waals surface area contributed by atoms with Crippen LogP contribution in [0.1, 0.15) is 12.0 Å². The SMILES string of the molecule is NNC(=O)[C@@H]1CC(c2cccnc2)=NO1. The summed E-state index contributed by atoms with van der Waals surface area (Å²) in [6.45, 7) is 0. The summed E-state index contributed by atoms with van der Waals surface area (Å²) in [5.41, 5.74) is 3.58. The van der Waals surface area contributed by atoms with E-state index in [0.29, 0.717) is 12.1 Å². The van der Waals surface area contributed by atoms with Crippen molar-refractivity contribution in [1.82, 2.24) is 10.4 Å². The first-order chi connectivity index (χ1) is 7.31. The maximum absolute atomic E-state index is 11.1. The summed E-state index contributed by atoms with van der Waals surface area (Å²) in [5.74, 6) is 4.62. The molecule has 1 atom stereocenters. The number of nitrogens with two attached hydrogens (primary N) is 1. The highest BCUT2D eigenvalue weighted by Gasteiger charge is 2.28. The van der Waals surface area contributed by atoms with Gasteiger partial charge in [-0.25, -0.2) is 5.84 Å². The van der Waals surface area contributed by atoms with Crippen LogP contribution in [0.2, 0.25) is 0 Å². The third-order valence-corrected chi connectivity index (χ3v) is 2.10. The molecular weight excluding hydrogens is 196 g/mol. The van der Waals surface area contributed by atoms with Gasteiger partial charge >= 0.3 is 0 Å². The number of hydrogen-bond acceptors (Lipinski definition) is 5. The number of hydrazine groups is 1. The zero-order valence-electron chi connectivity index (χ0n) is 7.88. The average Bonchev–Trinajstić information content (AvgIpc) is 2.78. The molecule has 0 saturated carbocycles. The fraction of sp³-hybridized carbons (Fsp3) is 0.222. The van der Waals surface area contributed by atoms with E-state index in [2.05, 4.69) is 10.1 Å². The van der Waals surface area contributed by atoms with Crippen molar-refractivity contribution >= 4 is 11.6 Å². The molecule has 1 aromatic heterocycles. The fourth-order valence-electron chi connectivity index (χ4n) is 1.31. The summed E-state index contributed by atoms with van der Waals surface area (Å²) in [7, 11) is 0. The second kappa shape index (κ2) is 4.05. The Morgan fingerprint density at radius 2 is 2.53 bits per heavy atom. The highest BCUT2D eigenvalue weighted by atomic mass is 16.6. The van der Waals surface area contributed by atoms with E-state index in [0.717, 1.165) is 5.56 Å². The van der Waals surface area contributed by atoms with Crippen LogP contribution in [-0.4, -0.2) is 22.7 Å². The van der Waals surface area contributed by atoms with E-state index in [9.17, 15) is 4.79 Å². The molecule has 0 fully saturated rings. The van der Waals surface area contributed by atoms with Gasteiger partial charge in [-0.1, -0.05) is 5.16 Å². The molecule has 2 rings (SSSR count). The van der Waals surface area contributed by atoms with Crippen molar-refractivity contribution in [2.45, 2.75) is 12.5 Å². The molecular formula is C9H10N4O2. The quantitative estimate of drug-likeness (QED) is 0.390. The molecule has 0 saturated heterocycles. The summed E-state index contributed by atoms with van der Waals surface area (Å²) < 4.78 is 0. The van der Waals surface area contributed by atoms with E-state index < -0.39 is 6.10 Å². The van der Waals surface area contributed by atoms with Crippen LogP contribution in [0.25, 0.3) is 0 Å². The summed E-state index contributed by atoms with van der Waals surface area (Å²) in [6, 6.07) is 3.66. The Bertz CT molecular complexity index is 390. The molecule has 1 aliphatic heterocycles. The van der Waals surface area contributed by atoms with Gasteiger partial charge in [0.1, 0.15) is 0 Å². The van der Waals surface area contributed by atoms with Crippen LogP contribution < -0.4 is 11.3 Å². The van der Waals surface area contributed by atoms with Crippen molar-refractivity contribution in [1.29, 1.82) is 0 Å². The lowest BCUT2D eigenvalue weighted by atomic mass is 10.1. The molecule has 0 bridgehead atoms. The van der Waals surface area contributed by atoms with Gasteiger partial charge in [0.05, 0.1) is 5.71 Å². The predicted octanol–water partition coefficient (Wildman–Crippen LogP) is -0.435. The third kappa shape index (κ3) is 1.94. The van der Waals surface area contributed by atoms with Crippen LogP contribution in [0, 0.1) is 0 Å². The number of nitrogens with zero attached hydrogens (tertiary/aromatic N) is 2. The lowest BCUT2D eigenvalue weighted by Gasteiger charge is -2.04. The van der Waals surface area contributed by atoms with Crippen molar-refractivity contribution in [3.05, 3.63) is 30.1 Å². The van der Waals surface area contributed by atoms with Gasteiger partial charge in [0.2, 0.25) is 6.10 Å². The first-order valence-electron chi connectivity index (χ1n) is 4.45. The van der Waals surface area contributed by atoms with Crippen LogP contribution in [-0.2, 0) is 9.63 Å². The van der Waals surface area contributed by atoms with Crippen LogP contribution in [0.3, 0.4) is 0 Å². The molecule has 1 amide bonds. The topological polar surface area (TPSA) is 89.6 Å². The Labute approximate surface area is 86.1 Å². The van der Waals surface area contributed by atoms with Crippen molar-refractivity contribution in [3.8, 4) is 0 Å². The Morgan fingerprint density at radius 3 is 3.20 bits per heavy atom. The van der Waals surface area contributed by atoms with Gasteiger partial charge < -0.3 is 4.84 Å². The summed E-state index contributed by atoms with van der Waals surface area (Å²) in [6.07, 6.45) is 3.12. The first-order valence-corrected chi connectivity index (χ1v) is 4.45. The number of nitrogens with one attached hydrogen (secondary N) is 1. The highest BCUT2D eigenvalue weighted by Crippen LogP contribution is 2.15. The highest BCUT2D eigenvalue weighted by molar-refractivity contribution is 6.03. The average molecular weight is 206 g/mol. The van der Waals surface area contributed by atoms with E-state index in [1.54, 1.807) is 18.5 Å². The van der Waals surface area contributed by atoms with E-state index in [1.165, 1.54) is 0 Å². The molecule has 0 unspecified atom stereocenters. The normalized spacial score (nSPS) is 19.3. The Balaban J connectivity index is 2.07. The molecule has 0 radical (unpaired) electrons. The van der Waals surface area contributed by atoms with Crippen molar-refractivity contribution in [3.63, 3.8) is 0 Å². The van der Waals surface area contributed by atoms with E-state index in [-0.39, 0.29) is 5.91 Å². The number of carbonyl (C=O) groups is 1. The lowest BCUT2D eigenvalue weighted by Crippen LogP contribution is -2.39. The molecule has 1 aromatic rings. The molecule has 6 heteroatoms. The van der Waals surface area contributed by atoms with Crippen LogP contribution in [0.15, 0.2) is 29.7 Å². The Hall–Kier alpha value is -1.95. The summed E-state index contributed by atoms with van der Waals surface area (Å²) in [4.78, 5) is 20.0. The van der Waals surface area contributed by atoms with Crippen molar-refractivity contribution in [2.75, 3.05) is 0 Å². The minimum atomic E-state index is -0.634. The van der Waals surface area contributed by atoms with Gasteiger partial charge in [-0.3, -0.25) is 15.2 Å². The van der Waals surface area contributed by atoms with Crippen LogP contribution in [0.4, 0.5) is 0 Å². The maximum Gasteiger partial charge on any atom is 0.278 e. The zero-order chi connectivity index (χ0) is 10.7. The van der Waals surface area contributed by atoms with Crippen LogP contribution >= 0.6 is 0 Å². The monoisotopic (exact) mass is 206 g/mol. The van der Waals surface area contributed by atoms with Gasteiger partial charge in [-0.2, -0.15) is 0 Å². The van der Waals surface area contributed by atoms with Gasteiger partial charge in [0, 0.05) is 24.4 Å². The van der Waals surface area contributed by atoms with Gasteiger partial charge in [0.25, 0.3) is 5.91 Å². The minimum absolute atomic E-state index is 0.377. The number of hydrogen-bond donors (Lipinski definition) is 2. The number of amides is 1. The number of rotatable bonds is 2. The molecule has 0 spiro atoms. The van der Waals surface area contributed by atoms with Gasteiger partial charge in [-0.15, -0.1) is 0 Å². The van der Waals surface area contributed by atoms with E-state index in [1.807, 2.05) is 11.5 Å². The number of pyridine rings is 1. The second-order valence-corrected chi connectivity index (χ2v) is 3.09. The van der Waals surface area contributed by atoms with E-state index in [4.69, 9.17) is 10.7 Å². The molecule has 0 aliphatic carbocycles. The van der Waals surface area contributed by atoms with Gasteiger partial charge in [0.15, 0.2) is 0 Å². The molecule has 0 aromatic carbocycles. The smallest absolute Gasteiger partial charge is 0.278 e. The summed E-state index contributed by atoms with van der Waals surface area (Å²) in [5, 5.41) is 3.82. The van der Waals surface area contributed by atoms with Gasteiger partial charge in [-0.05, 0) is 12.1 Å².